The number of ether oxygens (including phenoxy) is 2. The van der Waals surface area contributed by atoms with E-state index in [-0.39, 0.29) is 5.97 Å². The van der Waals surface area contributed by atoms with Crippen LogP contribution in [0.4, 0.5) is 0 Å². The molecule has 0 saturated carbocycles. The second kappa shape index (κ2) is 7.84. The van der Waals surface area contributed by atoms with E-state index in [1.807, 2.05) is 60.7 Å². The maximum Gasteiger partial charge on any atom is 0.330 e. The predicted molar refractivity (Wildman–Crippen MR) is 87.7 cm³/mol. The van der Waals surface area contributed by atoms with Gasteiger partial charge < -0.3 is 9.47 Å². The van der Waals surface area contributed by atoms with Gasteiger partial charge in [-0.25, -0.2) is 4.79 Å². The summed E-state index contributed by atoms with van der Waals surface area (Å²) in [4.78, 5) is 11.2. The molecule has 0 aliphatic rings. The highest BCUT2D eigenvalue weighted by atomic mass is 16.5. The quantitative estimate of drug-likeness (QED) is 0.477. The molecule has 0 radical (unpaired) electrons. The number of carbonyl (C=O) groups excluding carboxylic acids is 1. The Hall–Kier alpha value is -2.81. The number of methoxy groups -OCH3 is 2. The van der Waals surface area contributed by atoms with E-state index in [2.05, 4.69) is 4.74 Å². The van der Waals surface area contributed by atoms with Gasteiger partial charge in [0.1, 0.15) is 5.75 Å². The molecule has 0 unspecified atom stereocenters. The molecule has 0 aliphatic heterocycles. The van der Waals surface area contributed by atoms with Crippen molar-refractivity contribution in [3.63, 3.8) is 0 Å². The molecule has 2 aromatic carbocycles. The van der Waals surface area contributed by atoms with Gasteiger partial charge in [0.25, 0.3) is 0 Å². The van der Waals surface area contributed by atoms with Crippen LogP contribution in [-0.4, -0.2) is 20.2 Å². The Kier molecular flexibility index (Phi) is 5.55. The molecule has 0 aliphatic carbocycles. The zero-order valence-corrected chi connectivity index (χ0v) is 12.7. The zero-order valence-electron chi connectivity index (χ0n) is 12.7. The van der Waals surface area contributed by atoms with E-state index in [1.165, 1.54) is 13.2 Å². The Morgan fingerprint density at radius 1 is 0.909 bits per heavy atom. The molecule has 0 amide bonds. The first-order valence-corrected chi connectivity index (χ1v) is 6.90. The van der Waals surface area contributed by atoms with Crippen LogP contribution in [0.2, 0.25) is 0 Å². The average molecular weight is 294 g/mol. The van der Waals surface area contributed by atoms with Gasteiger partial charge in [-0.1, -0.05) is 54.6 Å². The third-order valence-electron chi connectivity index (χ3n) is 3.18. The van der Waals surface area contributed by atoms with Crippen LogP contribution in [0.25, 0.3) is 5.57 Å². The molecule has 2 aromatic rings. The fraction of sp³-hybridized carbons (Fsp3) is 0.105. The van der Waals surface area contributed by atoms with Gasteiger partial charge >= 0.3 is 5.97 Å². The molecule has 0 bridgehead atoms. The van der Waals surface area contributed by atoms with E-state index < -0.39 is 0 Å². The molecule has 0 N–H and O–H groups in total. The molecule has 0 heterocycles. The Morgan fingerprint density at radius 2 is 1.55 bits per heavy atom. The minimum absolute atomic E-state index is 0.376. The first-order valence-electron chi connectivity index (χ1n) is 6.90. The van der Waals surface area contributed by atoms with Crippen LogP contribution in [0.5, 0.6) is 5.75 Å². The highest BCUT2D eigenvalue weighted by Gasteiger charge is 2.04. The monoisotopic (exact) mass is 294 g/mol. The standard InChI is InChI=1S/C19H18O3/c1-21-17-13-11-16(12-14-17)18(9-6-10-19(20)22-2)15-7-4-3-5-8-15/h3-14H,1-2H3. The van der Waals surface area contributed by atoms with Crippen LogP contribution < -0.4 is 4.74 Å². The summed E-state index contributed by atoms with van der Waals surface area (Å²) >= 11 is 0. The first-order chi connectivity index (χ1) is 10.7. The molecule has 0 spiro atoms. The molecular weight excluding hydrogens is 276 g/mol. The van der Waals surface area contributed by atoms with Gasteiger partial charge in [0, 0.05) is 6.08 Å². The number of hydrogen-bond donors (Lipinski definition) is 0. The van der Waals surface area contributed by atoms with Crippen molar-refractivity contribution < 1.29 is 14.3 Å². The normalized spacial score (nSPS) is 11.5. The van der Waals surface area contributed by atoms with E-state index in [1.54, 1.807) is 13.2 Å². The Bertz CT molecular complexity index is 668. The van der Waals surface area contributed by atoms with Crippen molar-refractivity contribution >= 4 is 11.5 Å². The van der Waals surface area contributed by atoms with Gasteiger partial charge in [0.15, 0.2) is 0 Å². The van der Waals surface area contributed by atoms with Crippen molar-refractivity contribution in [2.75, 3.05) is 14.2 Å². The molecule has 0 atom stereocenters. The summed E-state index contributed by atoms with van der Waals surface area (Å²) in [5, 5.41) is 0. The summed E-state index contributed by atoms with van der Waals surface area (Å²) in [5.74, 6) is 0.430. The van der Waals surface area contributed by atoms with E-state index in [0.717, 1.165) is 22.4 Å². The predicted octanol–water partition coefficient (Wildman–Crippen LogP) is 3.86. The van der Waals surface area contributed by atoms with Gasteiger partial charge in [-0.3, -0.25) is 0 Å². The van der Waals surface area contributed by atoms with Crippen LogP contribution >= 0.6 is 0 Å². The van der Waals surface area contributed by atoms with Crippen LogP contribution in [0.3, 0.4) is 0 Å². The molecule has 0 fully saturated rings. The van der Waals surface area contributed by atoms with Crippen molar-refractivity contribution in [3.8, 4) is 5.75 Å². The van der Waals surface area contributed by atoms with Crippen molar-refractivity contribution in [1.82, 2.24) is 0 Å². The van der Waals surface area contributed by atoms with Crippen molar-refractivity contribution in [1.29, 1.82) is 0 Å². The van der Waals surface area contributed by atoms with E-state index in [0.29, 0.717) is 0 Å². The fourth-order valence-corrected chi connectivity index (χ4v) is 2.04. The summed E-state index contributed by atoms with van der Waals surface area (Å²) in [6.45, 7) is 0. The lowest BCUT2D eigenvalue weighted by Crippen LogP contribution is -1.93. The van der Waals surface area contributed by atoms with Crippen LogP contribution in [-0.2, 0) is 9.53 Å². The maximum atomic E-state index is 11.2. The van der Waals surface area contributed by atoms with Gasteiger partial charge in [-0.2, -0.15) is 0 Å². The van der Waals surface area contributed by atoms with E-state index >= 15 is 0 Å². The highest BCUT2D eigenvalue weighted by molar-refractivity contribution is 5.85. The summed E-state index contributed by atoms with van der Waals surface area (Å²) in [6.07, 6.45) is 4.99. The van der Waals surface area contributed by atoms with Crippen molar-refractivity contribution in [3.05, 3.63) is 84.0 Å². The largest absolute Gasteiger partial charge is 0.497 e. The molecule has 3 heteroatoms. The van der Waals surface area contributed by atoms with E-state index in [9.17, 15) is 4.79 Å². The summed E-state index contributed by atoms with van der Waals surface area (Å²) < 4.78 is 9.79. The van der Waals surface area contributed by atoms with Crippen molar-refractivity contribution in [2.24, 2.45) is 0 Å². The zero-order chi connectivity index (χ0) is 15.8. The van der Waals surface area contributed by atoms with Gasteiger partial charge in [0.05, 0.1) is 14.2 Å². The topological polar surface area (TPSA) is 35.5 Å². The number of hydrogen-bond acceptors (Lipinski definition) is 3. The molecule has 0 aromatic heterocycles. The number of benzene rings is 2. The number of rotatable bonds is 5. The summed E-state index contributed by atoms with van der Waals surface area (Å²) in [7, 11) is 3.00. The Balaban J connectivity index is 2.38. The second-order valence-corrected chi connectivity index (χ2v) is 4.56. The SMILES string of the molecule is COC(=O)C=CC=C(c1ccccc1)c1ccc(OC)cc1. The van der Waals surface area contributed by atoms with Crippen molar-refractivity contribution in [2.45, 2.75) is 0 Å². The molecular formula is C19H18O3. The number of esters is 1. The van der Waals surface area contributed by atoms with Gasteiger partial charge in [-0.15, -0.1) is 0 Å². The molecule has 2 rings (SSSR count). The van der Waals surface area contributed by atoms with Crippen LogP contribution in [0.1, 0.15) is 11.1 Å². The van der Waals surface area contributed by atoms with E-state index in [4.69, 9.17) is 4.74 Å². The summed E-state index contributed by atoms with van der Waals surface area (Å²) in [5.41, 5.74) is 3.13. The Morgan fingerprint density at radius 3 is 2.14 bits per heavy atom. The first kappa shape index (κ1) is 15.6. The highest BCUT2D eigenvalue weighted by Crippen LogP contribution is 2.25. The lowest BCUT2D eigenvalue weighted by molar-refractivity contribution is -0.134. The smallest absolute Gasteiger partial charge is 0.330 e. The second-order valence-electron chi connectivity index (χ2n) is 4.56. The number of carbonyl (C=O) groups is 1. The molecule has 0 saturated heterocycles. The van der Waals surface area contributed by atoms with Crippen LogP contribution in [0.15, 0.2) is 72.8 Å². The molecule has 112 valence electrons. The fourth-order valence-electron chi connectivity index (χ4n) is 2.04. The maximum absolute atomic E-state index is 11.2. The lowest BCUT2D eigenvalue weighted by Gasteiger charge is -2.08. The third kappa shape index (κ3) is 4.09. The van der Waals surface area contributed by atoms with Gasteiger partial charge in [0.2, 0.25) is 0 Å². The van der Waals surface area contributed by atoms with Crippen LogP contribution in [0, 0.1) is 0 Å². The minimum atomic E-state index is -0.376. The third-order valence-corrected chi connectivity index (χ3v) is 3.18. The molecule has 22 heavy (non-hydrogen) atoms. The lowest BCUT2D eigenvalue weighted by atomic mass is 9.97. The minimum Gasteiger partial charge on any atom is -0.497 e. The van der Waals surface area contributed by atoms with Gasteiger partial charge in [-0.05, 0) is 28.8 Å². The Labute approximate surface area is 130 Å². The molecule has 3 nitrogen and oxygen atoms in total. The summed E-state index contributed by atoms with van der Waals surface area (Å²) in [6, 6.07) is 17.8. The number of allylic oxidation sites excluding steroid dienone is 2. The average Bonchev–Trinajstić information content (AvgIpc) is 2.59.